The first kappa shape index (κ1) is 32.5. The van der Waals surface area contributed by atoms with E-state index in [1.165, 1.54) is 83.5 Å². The van der Waals surface area contributed by atoms with Crippen LogP contribution in [0.1, 0.15) is 105 Å². The maximum absolute atomic E-state index is 13.4. The van der Waals surface area contributed by atoms with Crippen LogP contribution in [0.5, 0.6) is 0 Å². The summed E-state index contributed by atoms with van der Waals surface area (Å²) in [4.78, 5) is 13.4. The third-order valence-corrected chi connectivity index (χ3v) is 10.9. The Morgan fingerprint density at radius 2 is 0.816 bits per heavy atom. The van der Waals surface area contributed by atoms with E-state index in [9.17, 15) is 4.79 Å². The lowest BCUT2D eigenvalue weighted by Gasteiger charge is -2.21. The zero-order valence-electron chi connectivity index (χ0n) is 29.8. The number of hydrogen-bond acceptors (Lipinski definition) is 1. The second-order valence-electron chi connectivity index (χ2n) is 14.5. The first-order valence-corrected chi connectivity index (χ1v) is 17.7. The van der Waals surface area contributed by atoms with Gasteiger partial charge < -0.3 is 0 Å². The fourth-order valence-corrected chi connectivity index (χ4v) is 7.33. The molecule has 0 N–H and O–H groups in total. The van der Waals surface area contributed by atoms with Gasteiger partial charge in [-0.05, 0) is 175 Å². The van der Waals surface area contributed by atoms with Crippen LogP contribution in [0.25, 0.3) is 0 Å². The normalized spacial score (nSPS) is 12.0. The molecule has 0 saturated carbocycles. The standard InChI is InChI=1S/C48H46O/c1-30-7-11-36(19-34(30)5)21-37-12-8-32(3)44(23-37)28-45-24-38(13-9-33(45)4)22-39-14-16-40-26-41-17-18-43(27-47(41)29-46(40)25-39)48(49)42-15-10-31(2)35(6)20-42/h7-20,23-25,27H,21-22,26,28-29H2,1-6H3. The molecule has 244 valence electrons. The third-order valence-electron chi connectivity index (χ3n) is 10.9. The average molecular weight is 639 g/mol. The van der Waals surface area contributed by atoms with Gasteiger partial charge in [0.15, 0.2) is 5.78 Å². The van der Waals surface area contributed by atoms with Crippen LogP contribution in [0.4, 0.5) is 0 Å². The Kier molecular flexibility index (Phi) is 8.95. The highest BCUT2D eigenvalue weighted by Crippen LogP contribution is 2.30. The average Bonchev–Trinajstić information content (AvgIpc) is 3.09. The van der Waals surface area contributed by atoms with Crippen LogP contribution in [-0.4, -0.2) is 5.78 Å². The number of hydrogen-bond donors (Lipinski definition) is 0. The molecular weight excluding hydrogens is 593 g/mol. The molecule has 0 saturated heterocycles. The van der Waals surface area contributed by atoms with Crippen molar-refractivity contribution >= 4 is 5.78 Å². The maximum Gasteiger partial charge on any atom is 0.193 e. The highest BCUT2D eigenvalue weighted by Gasteiger charge is 2.19. The molecule has 0 radical (unpaired) electrons. The summed E-state index contributed by atoms with van der Waals surface area (Å²) in [5, 5.41) is 0. The number of benzene rings is 6. The topological polar surface area (TPSA) is 17.1 Å². The van der Waals surface area contributed by atoms with E-state index >= 15 is 0 Å². The molecule has 0 heterocycles. The number of rotatable bonds is 8. The fraction of sp³-hybridized carbons (Fsp3) is 0.229. The summed E-state index contributed by atoms with van der Waals surface area (Å²) in [5.41, 5.74) is 22.9. The van der Waals surface area contributed by atoms with Crippen molar-refractivity contribution in [3.05, 3.63) is 209 Å². The van der Waals surface area contributed by atoms with E-state index in [2.05, 4.69) is 126 Å². The van der Waals surface area contributed by atoms with E-state index in [0.29, 0.717) is 0 Å². The minimum Gasteiger partial charge on any atom is -0.289 e. The van der Waals surface area contributed by atoms with Gasteiger partial charge in [0.2, 0.25) is 0 Å². The van der Waals surface area contributed by atoms with Gasteiger partial charge in [-0.2, -0.15) is 0 Å². The summed E-state index contributed by atoms with van der Waals surface area (Å²) in [7, 11) is 0. The molecule has 0 spiro atoms. The van der Waals surface area contributed by atoms with Gasteiger partial charge in [-0.15, -0.1) is 0 Å². The number of fused-ring (bicyclic) bond motifs is 2. The minimum atomic E-state index is 0.101. The summed E-state index contributed by atoms with van der Waals surface area (Å²) in [6, 6.07) is 40.2. The summed E-state index contributed by atoms with van der Waals surface area (Å²) >= 11 is 0. The zero-order valence-corrected chi connectivity index (χ0v) is 29.8. The summed E-state index contributed by atoms with van der Waals surface area (Å²) in [6.07, 6.45) is 4.59. The lowest BCUT2D eigenvalue weighted by Crippen LogP contribution is -2.10. The predicted molar refractivity (Wildman–Crippen MR) is 205 cm³/mol. The van der Waals surface area contributed by atoms with E-state index in [1.807, 2.05) is 24.3 Å². The number of carbonyl (C=O) groups excluding carboxylic acids is 1. The zero-order chi connectivity index (χ0) is 34.2. The molecule has 0 bridgehead atoms. The van der Waals surface area contributed by atoms with E-state index in [0.717, 1.165) is 48.8 Å². The second kappa shape index (κ2) is 13.5. The Hall–Kier alpha value is -5.01. The number of ketones is 1. The molecule has 0 fully saturated rings. The lowest BCUT2D eigenvalue weighted by atomic mass is 9.83. The van der Waals surface area contributed by atoms with Crippen molar-refractivity contribution in [2.45, 2.75) is 73.6 Å². The largest absolute Gasteiger partial charge is 0.289 e. The summed E-state index contributed by atoms with van der Waals surface area (Å²) < 4.78 is 0. The maximum atomic E-state index is 13.4. The van der Waals surface area contributed by atoms with Crippen LogP contribution in [0, 0.1) is 41.5 Å². The molecule has 1 heteroatoms. The van der Waals surface area contributed by atoms with Gasteiger partial charge in [0.1, 0.15) is 0 Å². The van der Waals surface area contributed by atoms with Crippen molar-refractivity contribution < 1.29 is 4.79 Å². The highest BCUT2D eigenvalue weighted by molar-refractivity contribution is 6.09. The van der Waals surface area contributed by atoms with Crippen molar-refractivity contribution in [2.75, 3.05) is 0 Å². The highest BCUT2D eigenvalue weighted by atomic mass is 16.1. The number of carbonyl (C=O) groups is 1. The van der Waals surface area contributed by atoms with Crippen LogP contribution in [-0.2, 0) is 32.1 Å². The van der Waals surface area contributed by atoms with Gasteiger partial charge in [0, 0.05) is 11.1 Å². The molecule has 6 aromatic carbocycles. The van der Waals surface area contributed by atoms with Crippen molar-refractivity contribution in [1.82, 2.24) is 0 Å². The van der Waals surface area contributed by atoms with Crippen LogP contribution in [0.15, 0.2) is 109 Å². The fourth-order valence-electron chi connectivity index (χ4n) is 7.33. The Morgan fingerprint density at radius 1 is 0.388 bits per heavy atom. The van der Waals surface area contributed by atoms with E-state index in [4.69, 9.17) is 0 Å². The Bertz CT molecular complexity index is 2230. The van der Waals surface area contributed by atoms with Gasteiger partial charge in [0.05, 0.1) is 0 Å². The molecule has 1 aliphatic rings. The van der Waals surface area contributed by atoms with Crippen molar-refractivity contribution in [2.24, 2.45) is 0 Å². The third kappa shape index (κ3) is 7.08. The first-order chi connectivity index (χ1) is 23.6. The molecule has 0 atom stereocenters. The molecular formula is C48H46O. The monoisotopic (exact) mass is 638 g/mol. The van der Waals surface area contributed by atoms with Crippen LogP contribution in [0.2, 0.25) is 0 Å². The molecule has 1 nitrogen and oxygen atoms in total. The molecule has 49 heavy (non-hydrogen) atoms. The predicted octanol–water partition coefficient (Wildman–Crippen LogP) is 11.0. The quantitative estimate of drug-likeness (QED) is 0.151. The van der Waals surface area contributed by atoms with Crippen molar-refractivity contribution in [3.63, 3.8) is 0 Å². The SMILES string of the molecule is Cc1ccc(Cc2ccc(C)c(Cc3cc(Cc4ccc5c(c4)Cc4cc(C(=O)c6ccc(C)c(C)c6)ccc4C5)ccc3C)c2)cc1C. The van der Waals surface area contributed by atoms with Gasteiger partial charge in [-0.3, -0.25) is 4.79 Å². The number of aryl methyl sites for hydroxylation is 6. The van der Waals surface area contributed by atoms with Crippen molar-refractivity contribution in [1.29, 1.82) is 0 Å². The Morgan fingerprint density at radius 3 is 1.43 bits per heavy atom. The summed E-state index contributed by atoms with van der Waals surface area (Å²) in [5.74, 6) is 0.101. The summed E-state index contributed by atoms with van der Waals surface area (Å²) in [6.45, 7) is 13.0. The molecule has 0 aliphatic heterocycles. The van der Waals surface area contributed by atoms with Gasteiger partial charge in [-0.1, -0.05) is 97.1 Å². The van der Waals surface area contributed by atoms with Crippen LogP contribution in [0.3, 0.4) is 0 Å². The Labute approximate surface area is 292 Å². The second-order valence-corrected chi connectivity index (χ2v) is 14.5. The molecule has 0 amide bonds. The smallest absolute Gasteiger partial charge is 0.193 e. The van der Waals surface area contributed by atoms with E-state index in [-0.39, 0.29) is 5.78 Å². The first-order valence-electron chi connectivity index (χ1n) is 17.7. The van der Waals surface area contributed by atoms with Crippen LogP contribution >= 0.6 is 0 Å². The molecule has 0 aromatic heterocycles. The molecule has 7 rings (SSSR count). The Balaban J connectivity index is 1.08. The lowest BCUT2D eigenvalue weighted by molar-refractivity contribution is 0.103. The minimum absolute atomic E-state index is 0.101. The van der Waals surface area contributed by atoms with Gasteiger partial charge >= 0.3 is 0 Å². The molecule has 1 aliphatic carbocycles. The van der Waals surface area contributed by atoms with Gasteiger partial charge in [-0.25, -0.2) is 0 Å². The van der Waals surface area contributed by atoms with E-state index < -0.39 is 0 Å². The molecule has 6 aromatic rings. The van der Waals surface area contributed by atoms with Gasteiger partial charge in [0.25, 0.3) is 0 Å². The molecule has 0 unspecified atom stereocenters. The van der Waals surface area contributed by atoms with E-state index in [1.54, 1.807) is 0 Å². The van der Waals surface area contributed by atoms with Crippen LogP contribution < -0.4 is 0 Å². The van der Waals surface area contributed by atoms with Crippen molar-refractivity contribution in [3.8, 4) is 0 Å².